The Morgan fingerprint density at radius 3 is 2.68 bits per heavy atom. The first-order chi connectivity index (χ1) is 10.4. The van der Waals surface area contributed by atoms with Gasteiger partial charge in [-0.2, -0.15) is 0 Å². The average molecular weight is 299 g/mol. The van der Waals surface area contributed by atoms with Crippen LogP contribution < -0.4 is 15.4 Å². The number of amides is 2. The van der Waals surface area contributed by atoms with E-state index in [0.29, 0.717) is 12.4 Å². The first-order valence-corrected chi connectivity index (χ1v) is 7.16. The van der Waals surface area contributed by atoms with Gasteiger partial charge in [-0.3, -0.25) is 5.32 Å². The Hall–Kier alpha value is -2.56. The van der Waals surface area contributed by atoms with Gasteiger partial charge in [0.1, 0.15) is 17.2 Å². The van der Waals surface area contributed by atoms with Crippen LogP contribution in [0.5, 0.6) is 5.75 Å². The molecule has 2 amide bonds. The smallest absolute Gasteiger partial charge is 0.320 e. The molecule has 1 aromatic heterocycles. The molecule has 2 aromatic rings. The van der Waals surface area contributed by atoms with Crippen LogP contribution in [0, 0.1) is 0 Å². The zero-order chi connectivity index (χ0) is 16.0. The standard InChI is InChI=1S/C17H21N3O2/c1-17(2,3)22-14-8-6-7-13(11-14)12-19-16(21)20-15-9-4-5-10-18-15/h4-11H,12H2,1-3H3,(H2,18,19,20,21). The lowest BCUT2D eigenvalue weighted by molar-refractivity contribution is 0.131. The third-order valence-electron chi connectivity index (χ3n) is 2.68. The van der Waals surface area contributed by atoms with E-state index in [2.05, 4.69) is 15.6 Å². The lowest BCUT2D eigenvalue weighted by Gasteiger charge is -2.21. The molecule has 0 unspecified atom stereocenters. The van der Waals surface area contributed by atoms with Gasteiger partial charge < -0.3 is 10.1 Å². The minimum absolute atomic E-state index is 0.248. The van der Waals surface area contributed by atoms with Crippen LogP contribution in [0.25, 0.3) is 0 Å². The van der Waals surface area contributed by atoms with Crippen LogP contribution in [0.1, 0.15) is 26.3 Å². The van der Waals surface area contributed by atoms with Crippen molar-refractivity contribution in [2.24, 2.45) is 0 Å². The molecule has 2 N–H and O–H groups in total. The number of hydrogen-bond donors (Lipinski definition) is 2. The van der Waals surface area contributed by atoms with Crippen molar-refractivity contribution in [1.29, 1.82) is 0 Å². The summed E-state index contributed by atoms with van der Waals surface area (Å²) in [4.78, 5) is 15.8. The van der Waals surface area contributed by atoms with E-state index in [9.17, 15) is 4.79 Å². The topological polar surface area (TPSA) is 63.2 Å². The van der Waals surface area contributed by atoms with E-state index in [-0.39, 0.29) is 11.6 Å². The summed E-state index contributed by atoms with van der Waals surface area (Å²) in [5.41, 5.74) is 0.723. The monoisotopic (exact) mass is 299 g/mol. The minimum Gasteiger partial charge on any atom is -0.488 e. The van der Waals surface area contributed by atoms with Crippen LogP contribution in [0.4, 0.5) is 10.6 Å². The summed E-state index contributed by atoms with van der Waals surface area (Å²) >= 11 is 0. The highest BCUT2D eigenvalue weighted by Gasteiger charge is 2.11. The van der Waals surface area contributed by atoms with Gasteiger partial charge in [0.05, 0.1) is 0 Å². The molecule has 0 saturated carbocycles. The maximum absolute atomic E-state index is 11.8. The summed E-state index contributed by atoms with van der Waals surface area (Å²) in [5.74, 6) is 1.31. The maximum Gasteiger partial charge on any atom is 0.320 e. The summed E-state index contributed by atoms with van der Waals surface area (Å²) in [6.07, 6.45) is 1.63. The molecule has 0 aliphatic heterocycles. The van der Waals surface area contributed by atoms with Crippen LogP contribution >= 0.6 is 0 Å². The van der Waals surface area contributed by atoms with Crippen LogP contribution in [0.2, 0.25) is 0 Å². The van der Waals surface area contributed by atoms with Crippen molar-refractivity contribution < 1.29 is 9.53 Å². The number of urea groups is 1. The molecule has 0 atom stereocenters. The summed E-state index contributed by atoms with van der Waals surface area (Å²) in [5, 5.41) is 5.46. The number of nitrogens with zero attached hydrogens (tertiary/aromatic N) is 1. The summed E-state index contributed by atoms with van der Waals surface area (Å²) < 4.78 is 5.81. The molecule has 0 radical (unpaired) electrons. The van der Waals surface area contributed by atoms with Crippen LogP contribution in [0.15, 0.2) is 48.7 Å². The van der Waals surface area contributed by atoms with Crippen LogP contribution in [-0.4, -0.2) is 16.6 Å². The predicted molar refractivity (Wildman–Crippen MR) is 86.9 cm³/mol. The second kappa shape index (κ2) is 6.93. The highest BCUT2D eigenvalue weighted by molar-refractivity contribution is 5.88. The highest BCUT2D eigenvalue weighted by atomic mass is 16.5. The van der Waals surface area contributed by atoms with Gasteiger partial charge in [0, 0.05) is 12.7 Å². The molecule has 0 aliphatic carbocycles. The molecule has 5 heteroatoms. The summed E-state index contributed by atoms with van der Waals surface area (Å²) in [6, 6.07) is 12.7. The molecule has 0 spiro atoms. The molecule has 0 saturated heterocycles. The fourth-order valence-electron chi connectivity index (χ4n) is 1.85. The lowest BCUT2D eigenvalue weighted by Crippen LogP contribution is -2.28. The molecule has 1 heterocycles. The largest absolute Gasteiger partial charge is 0.488 e. The molecule has 0 fully saturated rings. The Morgan fingerprint density at radius 2 is 2.00 bits per heavy atom. The molecule has 2 rings (SSSR count). The fourth-order valence-corrected chi connectivity index (χ4v) is 1.85. The number of carbonyl (C=O) groups is 1. The van der Waals surface area contributed by atoms with Crippen molar-refractivity contribution in [3.8, 4) is 5.75 Å². The van der Waals surface area contributed by atoms with Gasteiger partial charge in [0.2, 0.25) is 0 Å². The Labute approximate surface area is 130 Å². The third-order valence-corrected chi connectivity index (χ3v) is 2.68. The van der Waals surface area contributed by atoms with E-state index in [4.69, 9.17) is 4.74 Å². The predicted octanol–water partition coefficient (Wildman–Crippen LogP) is 3.58. The number of carbonyl (C=O) groups excluding carboxylic acids is 1. The van der Waals surface area contributed by atoms with Gasteiger partial charge >= 0.3 is 6.03 Å². The second-order valence-electron chi connectivity index (χ2n) is 5.88. The molecule has 5 nitrogen and oxygen atoms in total. The molecule has 1 aromatic carbocycles. The molecular weight excluding hydrogens is 278 g/mol. The number of anilines is 1. The molecule has 116 valence electrons. The van der Waals surface area contributed by atoms with Crippen molar-refractivity contribution in [2.45, 2.75) is 32.9 Å². The van der Waals surface area contributed by atoms with Crippen molar-refractivity contribution in [3.63, 3.8) is 0 Å². The quantitative estimate of drug-likeness (QED) is 0.907. The van der Waals surface area contributed by atoms with Crippen molar-refractivity contribution in [2.75, 3.05) is 5.32 Å². The fraction of sp³-hybridized carbons (Fsp3) is 0.294. The Bertz CT molecular complexity index is 621. The van der Waals surface area contributed by atoms with E-state index < -0.39 is 0 Å². The first kappa shape index (κ1) is 15.8. The van der Waals surface area contributed by atoms with Gasteiger partial charge in [0.25, 0.3) is 0 Å². The molecular formula is C17H21N3O2. The number of pyridine rings is 1. The zero-order valence-electron chi connectivity index (χ0n) is 13.1. The van der Waals surface area contributed by atoms with Crippen molar-refractivity contribution in [1.82, 2.24) is 10.3 Å². The summed E-state index contributed by atoms with van der Waals surface area (Å²) in [7, 11) is 0. The number of benzene rings is 1. The lowest BCUT2D eigenvalue weighted by atomic mass is 10.1. The van der Waals surface area contributed by atoms with Crippen LogP contribution in [-0.2, 0) is 6.54 Å². The SMILES string of the molecule is CC(C)(C)Oc1cccc(CNC(=O)Nc2ccccn2)c1. The van der Waals surface area contributed by atoms with E-state index >= 15 is 0 Å². The first-order valence-electron chi connectivity index (χ1n) is 7.16. The van der Waals surface area contributed by atoms with Crippen molar-refractivity contribution in [3.05, 3.63) is 54.2 Å². The number of ether oxygens (including phenoxy) is 1. The maximum atomic E-state index is 11.8. The van der Waals surface area contributed by atoms with Gasteiger partial charge in [0.15, 0.2) is 0 Å². The van der Waals surface area contributed by atoms with Gasteiger partial charge in [-0.05, 0) is 50.6 Å². The Morgan fingerprint density at radius 1 is 1.18 bits per heavy atom. The zero-order valence-corrected chi connectivity index (χ0v) is 13.1. The van der Waals surface area contributed by atoms with Gasteiger partial charge in [-0.25, -0.2) is 9.78 Å². The number of rotatable bonds is 4. The minimum atomic E-state index is -0.291. The average Bonchev–Trinajstić information content (AvgIpc) is 2.45. The van der Waals surface area contributed by atoms with E-state index in [1.165, 1.54) is 0 Å². The Kier molecular flexibility index (Phi) is 4.99. The van der Waals surface area contributed by atoms with Gasteiger partial charge in [-0.1, -0.05) is 18.2 Å². The van der Waals surface area contributed by atoms with Crippen LogP contribution in [0.3, 0.4) is 0 Å². The van der Waals surface area contributed by atoms with Crippen molar-refractivity contribution >= 4 is 11.8 Å². The summed E-state index contributed by atoms with van der Waals surface area (Å²) in [6.45, 7) is 6.41. The number of nitrogens with one attached hydrogen (secondary N) is 2. The second-order valence-corrected chi connectivity index (χ2v) is 5.88. The molecule has 0 aliphatic rings. The number of aromatic nitrogens is 1. The molecule has 22 heavy (non-hydrogen) atoms. The third kappa shape index (κ3) is 5.44. The van der Waals surface area contributed by atoms with E-state index in [1.54, 1.807) is 18.3 Å². The van der Waals surface area contributed by atoms with Gasteiger partial charge in [-0.15, -0.1) is 0 Å². The highest BCUT2D eigenvalue weighted by Crippen LogP contribution is 2.19. The van der Waals surface area contributed by atoms with E-state index in [0.717, 1.165) is 11.3 Å². The Balaban J connectivity index is 1.89. The number of hydrogen-bond acceptors (Lipinski definition) is 3. The molecule has 0 bridgehead atoms. The normalized spacial score (nSPS) is 10.9. The van der Waals surface area contributed by atoms with E-state index in [1.807, 2.05) is 51.1 Å².